The average molecular weight is 417 g/mol. The molecule has 1 aliphatic rings. The number of nitrogens with two attached hydrogens (primary N) is 1. The Morgan fingerprint density at radius 3 is 2.77 bits per heavy atom. The van der Waals surface area contributed by atoms with E-state index >= 15 is 0 Å². The van der Waals surface area contributed by atoms with Gasteiger partial charge in [0.1, 0.15) is 17.2 Å². The van der Waals surface area contributed by atoms with Crippen molar-refractivity contribution in [3.8, 4) is 11.5 Å². The van der Waals surface area contributed by atoms with Crippen LogP contribution in [0.15, 0.2) is 48.8 Å². The van der Waals surface area contributed by atoms with Crippen molar-refractivity contribution in [3.63, 3.8) is 0 Å². The summed E-state index contributed by atoms with van der Waals surface area (Å²) in [5.74, 6) is 0.246. The molecule has 1 saturated heterocycles. The first kappa shape index (κ1) is 19.1. The number of halogens is 1. The van der Waals surface area contributed by atoms with E-state index in [1.54, 1.807) is 46.2 Å². The molecule has 2 N–H and O–H groups in total. The number of fused-ring (bicyclic) bond motifs is 1. The molecule has 9 heteroatoms. The number of hydrogen-bond donors (Lipinski definition) is 1. The van der Waals surface area contributed by atoms with Gasteiger partial charge in [-0.05, 0) is 31.5 Å². The number of hydrogen-bond acceptors (Lipinski definition) is 6. The molecule has 31 heavy (non-hydrogen) atoms. The summed E-state index contributed by atoms with van der Waals surface area (Å²) < 4.78 is 15.8. The zero-order chi connectivity index (χ0) is 21.5. The SMILES string of the molecule is CC1CCC(=O)N1c1cnc(-c2nn(Cc3ccccc3F)c3ncccc23)nc1N. The van der Waals surface area contributed by atoms with Crippen LogP contribution in [-0.2, 0) is 11.3 Å². The smallest absolute Gasteiger partial charge is 0.227 e. The molecule has 0 aliphatic carbocycles. The third kappa shape index (κ3) is 3.27. The van der Waals surface area contributed by atoms with E-state index in [4.69, 9.17) is 5.73 Å². The Morgan fingerprint density at radius 2 is 2.03 bits per heavy atom. The molecule has 0 bridgehead atoms. The number of benzene rings is 1. The Kier molecular flexibility index (Phi) is 4.58. The van der Waals surface area contributed by atoms with Gasteiger partial charge in [-0.2, -0.15) is 5.10 Å². The summed E-state index contributed by atoms with van der Waals surface area (Å²) in [6, 6.07) is 10.3. The van der Waals surface area contributed by atoms with Crippen molar-refractivity contribution >= 4 is 28.4 Å². The van der Waals surface area contributed by atoms with E-state index in [-0.39, 0.29) is 30.1 Å². The lowest BCUT2D eigenvalue weighted by Crippen LogP contribution is -2.31. The van der Waals surface area contributed by atoms with E-state index in [0.717, 1.165) is 11.8 Å². The molecule has 1 atom stereocenters. The summed E-state index contributed by atoms with van der Waals surface area (Å²) in [4.78, 5) is 27.2. The van der Waals surface area contributed by atoms with E-state index in [1.165, 1.54) is 6.07 Å². The highest BCUT2D eigenvalue weighted by Crippen LogP contribution is 2.32. The molecule has 0 saturated carbocycles. The molecule has 1 aromatic carbocycles. The fourth-order valence-electron chi connectivity index (χ4n) is 3.96. The van der Waals surface area contributed by atoms with Gasteiger partial charge in [0.25, 0.3) is 0 Å². The van der Waals surface area contributed by atoms with Crippen LogP contribution in [-0.4, -0.2) is 36.7 Å². The lowest BCUT2D eigenvalue weighted by Gasteiger charge is -2.22. The van der Waals surface area contributed by atoms with Crippen LogP contribution in [0.1, 0.15) is 25.3 Å². The lowest BCUT2D eigenvalue weighted by atomic mass is 10.2. The number of anilines is 2. The van der Waals surface area contributed by atoms with E-state index in [9.17, 15) is 9.18 Å². The first-order valence-corrected chi connectivity index (χ1v) is 10.0. The highest BCUT2D eigenvalue weighted by Gasteiger charge is 2.31. The second-order valence-electron chi connectivity index (χ2n) is 7.59. The number of nitrogens with zero attached hydrogens (tertiary/aromatic N) is 6. The van der Waals surface area contributed by atoms with Crippen molar-refractivity contribution in [1.29, 1.82) is 0 Å². The summed E-state index contributed by atoms with van der Waals surface area (Å²) >= 11 is 0. The van der Waals surface area contributed by atoms with Crippen LogP contribution in [0.2, 0.25) is 0 Å². The van der Waals surface area contributed by atoms with Gasteiger partial charge in [0.05, 0.1) is 18.1 Å². The quantitative estimate of drug-likeness (QED) is 0.547. The number of carbonyl (C=O) groups is 1. The highest BCUT2D eigenvalue weighted by atomic mass is 19.1. The molecule has 0 spiro atoms. The topological polar surface area (TPSA) is 103 Å². The van der Waals surface area contributed by atoms with Gasteiger partial charge in [0.2, 0.25) is 5.91 Å². The second-order valence-corrected chi connectivity index (χ2v) is 7.59. The van der Waals surface area contributed by atoms with Gasteiger partial charge in [0, 0.05) is 24.2 Å². The fourth-order valence-corrected chi connectivity index (χ4v) is 3.96. The zero-order valence-electron chi connectivity index (χ0n) is 16.9. The minimum Gasteiger partial charge on any atom is -0.382 e. The average Bonchev–Trinajstić information content (AvgIpc) is 3.30. The Labute approximate surface area is 177 Å². The molecule has 1 aliphatic heterocycles. The monoisotopic (exact) mass is 417 g/mol. The maximum Gasteiger partial charge on any atom is 0.227 e. The minimum absolute atomic E-state index is 0.0133. The first-order chi connectivity index (χ1) is 15.0. The Bertz CT molecular complexity index is 1300. The molecule has 1 unspecified atom stereocenters. The number of carbonyl (C=O) groups excluding carboxylic acids is 1. The number of nitrogen functional groups attached to an aromatic ring is 1. The van der Waals surface area contributed by atoms with Crippen molar-refractivity contribution in [3.05, 3.63) is 60.2 Å². The van der Waals surface area contributed by atoms with Gasteiger partial charge >= 0.3 is 0 Å². The minimum atomic E-state index is -0.308. The van der Waals surface area contributed by atoms with Crippen LogP contribution in [0.5, 0.6) is 0 Å². The Balaban J connectivity index is 1.57. The van der Waals surface area contributed by atoms with Crippen LogP contribution in [0, 0.1) is 5.82 Å². The zero-order valence-corrected chi connectivity index (χ0v) is 16.9. The van der Waals surface area contributed by atoms with Crippen molar-refractivity contribution in [2.75, 3.05) is 10.6 Å². The summed E-state index contributed by atoms with van der Waals surface area (Å²) in [6.07, 6.45) is 4.48. The normalized spacial score (nSPS) is 16.4. The van der Waals surface area contributed by atoms with Gasteiger partial charge in [-0.25, -0.2) is 24.0 Å². The van der Waals surface area contributed by atoms with Crippen LogP contribution in [0.4, 0.5) is 15.9 Å². The molecule has 5 rings (SSSR count). The van der Waals surface area contributed by atoms with Crippen LogP contribution < -0.4 is 10.6 Å². The first-order valence-electron chi connectivity index (χ1n) is 10.0. The van der Waals surface area contributed by atoms with Gasteiger partial charge in [-0.3, -0.25) is 4.79 Å². The number of rotatable bonds is 4. The third-order valence-electron chi connectivity index (χ3n) is 5.54. The molecule has 0 radical (unpaired) electrons. The third-order valence-corrected chi connectivity index (χ3v) is 5.54. The van der Waals surface area contributed by atoms with Gasteiger partial charge < -0.3 is 10.6 Å². The van der Waals surface area contributed by atoms with E-state index in [0.29, 0.717) is 34.8 Å². The van der Waals surface area contributed by atoms with Crippen LogP contribution >= 0.6 is 0 Å². The fraction of sp³-hybridized carbons (Fsp3) is 0.227. The molecule has 1 fully saturated rings. The van der Waals surface area contributed by atoms with Crippen molar-refractivity contribution in [2.24, 2.45) is 0 Å². The van der Waals surface area contributed by atoms with Gasteiger partial charge in [0.15, 0.2) is 17.3 Å². The van der Waals surface area contributed by atoms with E-state index in [2.05, 4.69) is 20.1 Å². The van der Waals surface area contributed by atoms with Crippen molar-refractivity contribution < 1.29 is 9.18 Å². The molecule has 156 valence electrons. The van der Waals surface area contributed by atoms with Crippen LogP contribution in [0.3, 0.4) is 0 Å². The van der Waals surface area contributed by atoms with Crippen molar-refractivity contribution in [2.45, 2.75) is 32.4 Å². The Hall–Kier alpha value is -3.88. The summed E-state index contributed by atoms with van der Waals surface area (Å²) in [5.41, 5.74) is 8.31. The summed E-state index contributed by atoms with van der Waals surface area (Å²) in [6.45, 7) is 2.19. The maximum atomic E-state index is 14.2. The molecule has 4 heterocycles. The standard InChI is InChI=1S/C22H20FN7O/c1-13-8-9-18(31)30(13)17-11-26-21(27-20(17)24)19-15-6-4-10-25-22(15)29(28-19)12-14-5-2-3-7-16(14)23/h2-7,10-11,13H,8-9,12H2,1H3,(H2,24,26,27). The maximum absolute atomic E-state index is 14.2. The largest absolute Gasteiger partial charge is 0.382 e. The molecule has 4 aromatic rings. The Morgan fingerprint density at radius 1 is 1.19 bits per heavy atom. The van der Waals surface area contributed by atoms with Gasteiger partial charge in [-0.1, -0.05) is 18.2 Å². The highest BCUT2D eigenvalue weighted by molar-refractivity contribution is 5.98. The number of pyridine rings is 1. The summed E-state index contributed by atoms with van der Waals surface area (Å²) in [5, 5.41) is 5.35. The summed E-state index contributed by atoms with van der Waals surface area (Å²) in [7, 11) is 0. The molecule has 8 nitrogen and oxygen atoms in total. The second kappa shape index (κ2) is 7.42. The molecule has 1 amide bonds. The molecule has 3 aromatic heterocycles. The lowest BCUT2D eigenvalue weighted by molar-refractivity contribution is -0.117. The predicted octanol–water partition coefficient (Wildman–Crippen LogP) is 3.17. The van der Waals surface area contributed by atoms with E-state index < -0.39 is 0 Å². The molecular formula is C22H20FN7O. The van der Waals surface area contributed by atoms with Crippen molar-refractivity contribution in [1.82, 2.24) is 24.7 Å². The predicted molar refractivity (Wildman–Crippen MR) is 115 cm³/mol. The van der Waals surface area contributed by atoms with Gasteiger partial charge in [-0.15, -0.1) is 0 Å². The molecular weight excluding hydrogens is 397 g/mol. The number of aromatic nitrogens is 5. The number of amides is 1. The van der Waals surface area contributed by atoms with Crippen LogP contribution in [0.25, 0.3) is 22.6 Å². The van der Waals surface area contributed by atoms with E-state index in [1.807, 2.05) is 13.0 Å².